The Hall–Kier alpha value is -2.48. The summed E-state index contributed by atoms with van der Waals surface area (Å²) in [5.41, 5.74) is 3.71. The van der Waals surface area contributed by atoms with E-state index in [0.717, 1.165) is 6.07 Å². The fourth-order valence-corrected chi connectivity index (χ4v) is 0.999. The molecule has 1 rings (SSSR count). The Morgan fingerprint density at radius 1 is 1.35 bits per heavy atom. The summed E-state index contributed by atoms with van der Waals surface area (Å²) in [4.78, 5) is 31.9. The molecule has 0 atom stereocenters. The Morgan fingerprint density at radius 2 is 2.06 bits per heavy atom. The van der Waals surface area contributed by atoms with Crippen molar-refractivity contribution in [2.45, 2.75) is 0 Å². The lowest BCUT2D eigenvalue weighted by atomic mass is 10.2. The molecule has 3 N–H and O–H groups in total. The predicted molar refractivity (Wildman–Crippen MR) is 55.8 cm³/mol. The van der Waals surface area contributed by atoms with Crippen LogP contribution in [-0.4, -0.2) is 28.5 Å². The van der Waals surface area contributed by atoms with Crippen LogP contribution in [0.2, 0.25) is 0 Å². The fourth-order valence-electron chi connectivity index (χ4n) is 0.999. The second-order valence-corrected chi connectivity index (χ2v) is 2.97. The van der Waals surface area contributed by atoms with Crippen molar-refractivity contribution < 1.29 is 19.6 Å². The van der Waals surface area contributed by atoms with Crippen LogP contribution >= 0.6 is 0 Å². The normalized spacial score (nSPS) is 9.47. The molecule has 2 amide bonds. The summed E-state index contributed by atoms with van der Waals surface area (Å²) >= 11 is 0. The summed E-state index contributed by atoms with van der Waals surface area (Å²) in [5, 5.41) is 18.8. The highest BCUT2D eigenvalue weighted by molar-refractivity contribution is 5.95. The van der Waals surface area contributed by atoms with Gasteiger partial charge in [0.05, 0.1) is 4.92 Å². The molecule has 17 heavy (non-hydrogen) atoms. The fraction of sp³-hybridized carbons (Fsp3) is 0.111. The molecule has 0 aliphatic carbocycles. The quantitative estimate of drug-likeness (QED) is 0.478. The largest absolute Gasteiger partial charge is 0.386 e. The number of nitrogens with zero attached hydrogens (tertiary/aromatic N) is 1. The summed E-state index contributed by atoms with van der Waals surface area (Å²) in [6.07, 6.45) is 0. The van der Waals surface area contributed by atoms with Gasteiger partial charge in [-0.2, -0.15) is 0 Å². The Kier molecular flexibility index (Phi) is 4.12. The van der Waals surface area contributed by atoms with Crippen molar-refractivity contribution >= 4 is 17.5 Å². The molecule has 0 heterocycles. The van der Waals surface area contributed by atoms with Gasteiger partial charge in [0.15, 0.2) is 0 Å². The molecule has 90 valence electrons. The minimum Gasteiger partial charge on any atom is -0.386 e. The van der Waals surface area contributed by atoms with Crippen LogP contribution < -0.4 is 10.9 Å². The van der Waals surface area contributed by atoms with Crippen LogP contribution in [0.5, 0.6) is 0 Å². The highest BCUT2D eigenvalue weighted by Crippen LogP contribution is 2.12. The van der Waals surface area contributed by atoms with Crippen molar-refractivity contribution in [3.8, 4) is 0 Å². The van der Waals surface area contributed by atoms with Gasteiger partial charge in [-0.15, -0.1) is 0 Å². The number of hydrogen-bond donors (Lipinski definition) is 3. The van der Waals surface area contributed by atoms with Crippen LogP contribution in [-0.2, 0) is 4.79 Å². The number of hydrogen-bond acceptors (Lipinski definition) is 5. The van der Waals surface area contributed by atoms with Crippen molar-refractivity contribution in [3.63, 3.8) is 0 Å². The third kappa shape index (κ3) is 3.54. The minimum absolute atomic E-state index is 0.0254. The first-order valence-corrected chi connectivity index (χ1v) is 4.49. The van der Waals surface area contributed by atoms with E-state index in [1.165, 1.54) is 18.2 Å². The van der Waals surface area contributed by atoms with E-state index >= 15 is 0 Å². The molecule has 0 unspecified atom stereocenters. The summed E-state index contributed by atoms with van der Waals surface area (Å²) in [6, 6.07) is 5.01. The molecule has 8 nitrogen and oxygen atoms in total. The van der Waals surface area contributed by atoms with Crippen molar-refractivity contribution in [1.29, 1.82) is 0 Å². The number of nitrogens with one attached hydrogen (secondary N) is 2. The standard InChI is InChI=1S/C9H9N3O5/c13-5-8(14)10-11-9(15)6-2-1-3-7(4-6)12(16)17/h1-4,13H,5H2,(H,10,14)(H,11,15). The first-order valence-electron chi connectivity index (χ1n) is 4.49. The van der Waals surface area contributed by atoms with Crippen molar-refractivity contribution in [1.82, 2.24) is 10.9 Å². The molecule has 0 radical (unpaired) electrons. The molecular weight excluding hydrogens is 230 g/mol. The number of carbonyl (C=O) groups excluding carboxylic acids is 2. The number of aliphatic hydroxyl groups is 1. The van der Waals surface area contributed by atoms with Crippen LogP contribution in [0.4, 0.5) is 5.69 Å². The molecule has 1 aromatic rings. The topological polar surface area (TPSA) is 122 Å². The lowest BCUT2D eigenvalue weighted by Gasteiger charge is -2.05. The number of benzene rings is 1. The van der Waals surface area contributed by atoms with E-state index in [1.54, 1.807) is 0 Å². The van der Waals surface area contributed by atoms with Gasteiger partial charge in [-0.1, -0.05) is 6.07 Å². The zero-order valence-electron chi connectivity index (χ0n) is 8.54. The highest BCUT2D eigenvalue weighted by Gasteiger charge is 2.11. The van der Waals surface area contributed by atoms with Gasteiger partial charge >= 0.3 is 0 Å². The minimum atomic E-state index is -0.788. The summed E-state index contributed by atoms with van der Waals surface area (Å²) in [7, 11) is 0. The first kappa shape index (κ1) is 12.6. The number of amides is 2. The van der Waals surface area contributed by atoms with E-state index in [1.807, 2.05) is 10.9 Å². The molecule has 0 bridgehead atoms. The van der Waals surface area contributed by atoms with Crippen LogP contribution in [0.25, 0.3) is 0 Å². The second-order valence-electron chi connectivity index (χ2n) is 2.97. The van der Waals surface area contributed by atoms with Crippen molar-refractivity contribution in [3.05, 3.63) is 39.9 Å². The van der Waals surface area contributed by atoms with Gasteiger partial charge in [-0.05, 0) is 6.07 Å². The monoisotopic (exact) mass is 239 g/mol. The average Bonchev–Trinajstić information content (AvgIpc) is 2.35. The summed E-state index contributed by atoms with van der Waals surface area (Å²) in [6.45, 7) is -0.769. The van der Waals surface area contributed by atoms with Gasteiger partial charge in [0.1, 0.15) is 6.61 Å². The van der Waals surface area contributed by atoms with Gasteiger partial charge in [0, 0.05) is 17.7 Å². The van der Waals surface area contributed by atoms with Gasteiger partial charge < -0.3 is 5.11 Å². The lowest BCUT2D eigenvalue weighted by Crippen LogP contribution is -2.42. The Bertz CT molecular complexity index is 460. The van der Waals surface area contributed by atoms with Crippen LogP contribution in [0.15, 0.2) is 24.3 Å². The maximum Gasteiger partial charge on any atom is 0.270 e. The van der Waals surface area contributed by atoms with Crippen LogP contribution in [0, 0.1) is 10.1 Å². The van der Waals surface area contributed by atoms with E-state index < -0.39 is 23.3 Å². The molecule has 1 aromatic carbocycles. The van der Waals surface area contributed by atoms with Crippen molar-refractivity contribution in [2.75, 3.05) is 6.61 Å². The molecule has 0 aliphatic heterocycles. The number of rotatable bonds is 3. The Balaban J connectivity index is 2.72. The number of non-ortho nitro benzene ring substituents is 1. The maximum atomic E-state index is 11.4. The number of nitro groups is 1. The number of hydrazine groups is 1. The third-order valence-electron chi connectivity index (χ3n) is 1.78. The number of carbonyl (C=O) groups is 2. The first-order chi connectivity index (χ1) is 8.04. The van der Waals surface area contributed by atoms with E-state index in [0.29, 0.717) is 0 Å². The zero-order chi connectivity index (χ0) is 12.8. The highest BCUT2D eigenvalue weighted by atomic mass is 16.6. The van der Waals surface area contributed by atoms with E-state index in [2.05, 4.69) is 0 Å². The summed E-state index contributed by atoms with van der Waals surface area (Å²) in [5.74, 6) is -1.50. The molecule has 8 heteroatoms. The van der Waals surface area contributed by atoms with E-state index in [-0.39, 0.29) is 11.3 Å². The van der Waals surface area contributed by atoms with Crippen molar-refractivity contribution in [2.24, 2.45) is 0 Å². The molecule has 0 aromatic heterocycles. The predicted octanol–water partition coefficient (Wildman–Crippen LogP) is -0.652. The Morgan fingerprint density at radius 3 is 2.65 bits per heavy atom. The van der Waals surface area contributed by atoms with Gasteiger partial charge in [0.2, 0.25) is 0 Å². The van der Waals surface area contributed by atoms with Crippen LogP contribution in [0.1, 0.15) is 10.4 Å². The number of nitro benzene ring substituents is 1. The Labute approximate surface area is 95.4 Å². The number of aliphatic hydroxyl groups excluding tert-OH is 1. The molecule has 0 fully saturated rings. The van der Waals surface area contributed by atoms with Crippen LogP contribution in [0.3, 0.4) is 0 Å². The third-order valence-corrected chi connectivity index (χ3v) is 1.78. The molecule has 0 saturated carbocycles. The summed E-state index contributed by atoms with van der Waals surface area (Å²) < 4.78 is 0. The average molecular weight is 239 g/mol. The zero-order valence-corrected chi connectivity index (χ0v) is 8.54. The molecule has 0 aliphatic rings. The van der Waals surface area contributed by atoms with Gasteiger partial charge in [-0.25, -0.2) is 0 Å². The molecule has 0 spiro atoms. The lowest BCUT2D eigenvalue weighted by molar-refractivity contribution is -0.384. The second kappa shape index (κ2) is 5.56. The van der Waals surface area contributed by atoms with E-state index in [4.69, 9.17) is 5.11 Å². The smallest absolute Gasteiger partial charge is 0.270 e. The molecule has 0 saturated heterocycles. The van der Waals surface area contributed by atoms with Gasteiger partial charge in [0.25, 0.3) is 17.5 Å². The SMILES string of the molecule is O=C(CO)NNC(=O)c1cccc([N+](=O)[O-])c1. The molecular formula is C9H9N3O5. The van der Waals surface area contributed by atoms with E-state index in [9.17, 15) is 19.7 Å². The van der Waals surface area contributed by atoms with Gasteiger partial charge in [-0.3, -0.25) is 30.6 Å². The maximum absolute atomic E-state index is 11.4.